The molecule has 4 rings (SSSR count). The number of para-hydroxylation sites is 1. The number of carbonyl (C=O) groups is 1. The summed E-state index contributed by atoms with van der Waals surface area (Å²) in [5.74, 6) is -0.220. The van der Waals surface area contributed by atoms with Gasteiger partial charge in [0, 0.05) is 39.6 Å². The van der Waals surface area contributed by atoms with Crippen molar-refractivity contribution in [3.8, 4) is 0 Å². The number of hydrogen-bond donors (Lipinski definition) is 1. The van der Waals surface area contributed by atoms with Crippen molar-refractivity contribution >= 4 is 56.6 Å². The number of aromatic nitrogens is 1. The van der Waals surface area contributed by atoms with Crippen molar-refractivity contribution < 1.29 is 4.79 Å². The van der Waals surface area contributed by atoms with E-state index < -0.39 is 0 Å². The van der Waals surface area contributed by atoms with E-state index >= 15 is 0 Å². The third-order valence-electron chi connectivity index (χ3n) is 4.53. The minimum atomic E-state index is -0.220. The van der Waals surface area contributed by atoms with Crippen LogP contribution in [0.1, 0.15) is 17.3 Å². The smallest absolute Gasteiger partial charge is 0.255 e. The number of carbonyl (C=O) groups excluding carboxylic acids is 1. The molecule has 0 atom stereocenters. The van der Waals surface area contributed by atoms with Crippen molar-refractivity contribution in [2.45, 2.75) is 13.5 Å². The summed E-state index contributed by atoms with van der Waals surface area (Å²) < 4.78 is 2.27. The van der Waals surface area contributed by atoms with Gasteiger partial charge in [0.1, 0.15) is 0 Å². The molecule has 1 heterocycles. The Morgan fingerprint density at radius 2 is 1.69 bits per heavy atom. The highest BCUT2D eigenvalue weighted by molar-refractivity contribution is 6.42. The fourth-order valence-corrected chi connectivity index (χ4v) is 3.61. The predicted molar refractivity (Wildman–Crippen MR) is 110 cm³/mol. The van der Waals surface area contributed by atoms with Gasteiger partial charge in [0.05, 0.1) is 10.0 Å². The van der Waals surface area contributed by atoms with Crippen LogP contribution in [0.5, 0.6) is 0 Å². The Labute approximate surface area is 161 Å². The molecule has 0 saturated carbocycles. The van der Waals surface area contributed by atoms with Gasteiger partial charge in [-0.25, -0.2) is 0 Å². The van der Waals surface area contributed by atoms with Gasteiger partial charge in [0.2, 0.25) is 0 Å². The Hall–Kier alpha value is -2.49. The first-order valence-electron chi connectivity index (χ1n) is 8.36. The van der Waals surface area contributed by atoms with Gasteiger partial charge in [-0.05, 0) is 49.4 Å². The van der Waals surface area contributed by atoms with E-state index in [1.807, 2.05) is 30.3 Å². The lowest BCUT2D eigenvalue weighted by atomic mass is 10.1. The number of rotatable bonds is 3. The van der Waals surface area contributed by atoms with Crippen LogP contribution in [0.25, 0.3) is 21.8 Å². The molecule has 0 fully saturated rings. The molecule has 0 unspecified atom stereocenters. The number of hydrogen-bond acceptors (Lipinski definition) is 1. The van der Waals surface area contributed by atoms with Crippen LogP contribution in [0.15, 0.2) is 60.7 Å². The Morgan fingerprint density at radius 3 is 2.46 bits per heavy atom. The van der Waals surface area contributed by atoms with Gasteiger partial charge in [0.15, 0.2) is 0 Å². The van der Waals surface area contributed by atoms with Crippen LogP contribution in [0.3, 0.4) is 0 Å². The predicted octanol–water partition coefficient (Wildman–Crippen LogP) is 6.37. The van der Waals surface area contributed by atoms with Gasteiger partial charge in [-0.2, -0.15) is 0 Å². The standard InChI is InChI=1S/C21H16Cl2N2O/c1-2-25-19-6-4-3-5-15(19)16-12-14(8-10-20(16)25)24-21(26)13-7-9-17(22)18(23)11-13/h3-12H,2H2,1H3,(H,24,26). The largest absolute Gasteiger partial charge is 0.341 e. The Morgan fingerprint density at radius 1 is 0.923 bits per heavy atom. The van der Waals surface area contributed by atoms with Crippen molar-refractivity contribution in [1.82, 2.24) is 4.57 Å². The van der Waals surface area contributed by atoms with Gasteiger partial charge in [-0.3, -0.25) is 4.79 Å². The number of amides is 1. The van der Waals surface area contributed by atoms with E-state index in [1.54, 1.807) is 18.2 Å². The number of nitrogens with one attached hydrogen (secondary N) is 1. The summed E-state index contributed by atoms with van der Waals surface area (Å²) in [6, 6.07) is 19.1. The summed E-state index contributed by atoms with van der Waals surface area (Å²) in [5.41, 5.74) is 3.56. The van der Waals surface area contributed by atoms with E-state index in [2.05, 4.69) is 28.9 Å². The Bertz CT molecular complexity index is 1150. The van der Waals surface area contributed by atoms with E-state index in [9.17, 15) is 4.79 Å². The maximum atomic E-state index is 12.5. The molecule has 0 radical (unpaired) electrons. The lowest BCUT2D eigenvalue weighted by Crippen LogP contribution is -2.11. The monoisotopic (exact) mass is 382 g/mol. The molecule has 0 saturated heterocycles. The van der Waals surface area contributed by atoms with E-state index in [4.69, 9.17) is 23.2 Å². The van der Waals surface area contributed by atoms with Crippen molar-refractivity contribution in [2.24, 2.45) is 0 Å². The summed E-state index contributed by atoms with van der Waals surface area (Å²) in [6.07, 6.45) is 0. The molecule has 4 aromatic rings. The summed E-state index contributed by atoms with van der Waals surface area (Å²) in [7, 11) is 0. The van der Waals surface area contributed by atoms with Gasteiger partial charge >= 0.3 is 0 Å². The van der Waals surface area contributed by atoms with Crippen LogP contribution in [-0.4, -0.2) is 10.5 Å². The molecule has 3 nitrogen and oxygen atoms in total. The molecule has 1 amide bonds. The highest BCUT2D eigenvalue weighted by Gasteiger charge is 2.12. The molecule has 3 aromatic carbocycles. The average molecular weight is 383 g/mol. The van der Waals surface area contributed by atoms with Crippen LogP contribution in [-0.2, 0) is 6.54 Å². The zero-order valence-corrected chi connectivity index (χ0v) is 15.6. The van der Waals surface area contributed by atoms with E-state index in [-0.39, 0.29) is 5.91 Å². The topological polar surface area (TPSA) is 34.0 Å². The molecule has 0 aliphatic carbocycles. The molecule has 5 heteroatoms. The van der Waals surface area contributed by atoms with Gasteiger partial charge in [-0.15, -0.1) is 0 Å². The number of halogens is 2. The first-order valence-corrected chi connectivity index (χ1v) is 9.11. The summed E-state index contributed by atoms with van der Waals surface area (Å²) in [6.45, 7) is 3.02. The van der Waals surface area contributed by atoms with Crippen LogP contribution < -0.4 is 5.32 Å². The maximum absolute atomic E-state index is 12.5. The first-order chi connectivity index (χ1) is 12.6. The van der Waals surface area contributed by atoms with Crippen molar-refractivity contribution in [3.05, 3.63) is 76.3 Å². The quantitative estimate of drug-likeness (QED) is 0.438. The summed E-state index contributed by atoms with van der Waals surface area (Å²) in [5, 5.41) is 6.02. The number of fused-ring (bicyclic) bond motifs is 3. The zero-order valence-electron chi connectivity index (χ0n) is 14.1. The van der Waals surface area contributed by atoms with Gasteiger partial charge in [-0.1, -0.05) is 41.4 Å². The molecule has 0 aliphatic heterocycles. The third-order valence-corrected chi connectivity index (χ3v) is 5.27. The summed E-state index contributed by atoms with van der Waals surface area (Å²) in [4.78, 5) is 12.5. The number of anilines is 1. The lowest BCUT2D eigenvalue weighted by molar-refractivity contribution is 0.102. The van der Waals surface area contributed by atoms with Crippen LogP contribution in [0, 0.1) is 0 Å². The van der Waals surface area contributed by atoms with Crippen LogP contribution in [0.4, 0.5) is 5.69 Å². The summed E-state index contributed by atoms with van der Waals surface area (Å²) >= 11 is 11.9. The minimum Gasteiger partial charge on any atom is -0.341 e. The van der Waals surface area contributed by atoms with Crippen molar-refractivity contribution in [3.63, 3.8) is 0 Å². The SMILES string of the molecule is CCn1c2ccccc2c2cc(NC(=O)c3ccc(Cl)c(Cl)c3)ccc21. The number of benzene rings is 3. The van der Waals surface area contributed by atoms with Crippen LogP contribution in [0.2, 0.25) is 10.0 Å². The third kappa shape index (κ3) is 2.83. The molecular weight excluding hydrogens is 367 g/mol. The molecule has 0 aliphatic rings. The molecule has 1 N–H and O–H groups in total. The molecule has 1 aromatic heterocycles. The fourth-order valence-electron chi connectivity index (χ4n) is 3.31. The second kappa shape index (κ2) is 6.67. The highest BCUT2D eigenvalue weighted by Crippen LogP contribution is 2.31. The molecule has 0 spiro atoms. The average Bonchev–Trinajstić information content (AvgIpc) is 2.97. The maximum Gasteiger partial charge on any atom is 0.255 e. The van der Waals surface area contributed by atoms with E-state index in [0.717, 1.165) is 23.1 Å². The second-order valence-electron chi connectivity index (χ2n) is 6.08. The molecular formula is C21H16Cl2N2O. The molecule has 0 bridgehead atoms. The minimum absolute atomic E-state index is 0.220. The molecule has 130 valence electrons. The first kappa shape index (κ1) is 17.0. The van der Waals surface area contributed by atoms with E-state index in [1.165, 1.54) is 10.9 Å². The second-order valence-corrected chi connectivity index (χ2v) is 6.89. The van der Waals surface area contributed by atoms with Gasteiger partial charge in [0.25, 0.3) is 5.91 Å². The Kier molecular flexibility index (Phi) is 4.35. The number of nitrogens with zero attached hydrogens (tertiary/aromatic N) is 1. The zero-order chi connectivity index (χ0) is 18.3. The lowest BCUT2D eigenvalue weighted by Gasteiger charge is -2.07. The van der Waals surface area contributed by atoms with Gasteiger partial charge < -0.3 is 9.88 Å². The normalized spacial score (nSPS) is 11.2. The fraction of sp³-hybridized carbons (Fsp3) is 0.0952. The number of aryl methyl sites for hydroxylation is 1. The highest BCUT2D eigenvalue weighted by atomic mass is 35.5. The van der Waals surface area contributed by atoms with Crippen molar-refractivity contribution in [1.29, 1.82) is 0 Å². The Balaban J connectivity index is 1.74. The van der Waals surface area contributed by atoms with Crippen molar-refractivity contribution in [2.75, 3.05) is 5.32 Å². The molecule has 26 heavy (non-hydrogen) atoms. The van der Waals surface area contributed by atoms with Crippen LogP contribution >= 0.6 is 23.2 Å². The van der Waals surface area contributed by atoms with E-state index in [0.29, 0.717) is 15.6 Å².